The zero-order valence-electron chi connectivity index (χ0n) is 12.6. The van der Waals surface area contributed by atoms with Crippen LogP contribution in [0.5, 0.6) is 0 Å². The van der Waals surface area contributed by atoms with E-state index in [1.165, 1.54) is 23.1 Å². The number of carbonyl (C=O) groups excluding carboxylic acids is 1. The van der Waals surface area contributed by atoms with Gasteiger partial charge < -0.3 is 4.90 Å². The minimum atomic E-state index is -0.457. The number of halogens is 1. The Kier molecular flexibility index (Phi) is 3.82. The predicted molar refractivity (Wildman–Crippen MR) is 83.7 cm³/mol. The van der Waals surface area contributed by atoms with Crippen LogP contribution in [0.1, 0.15) is 23.1 Å². The van der Waals surface area contributed by atoms with Crippen LogP contribution in [0.4, 0.5) is 15.8 Å². The van der Waals surface area contributed by atoms with Gasteiger partial charge in [0.05, 0.1) is 11.5 Å². The maximum atomic E-state index is 14.0. The normalized spacial score (nSPS) is 13.8. The van der Waals surface area contributed by atoms with Crippen molar-refractivity contribution in [1.29, 1.82) is 0 Å². The van der Waals surface area contributed by atoms with Crippen LogP contribution in [0, 0.1) is 22.9 Å². The number of fused-ring (bicyclic) bond motifs is 1. The topological polar surface area (TPSA) is 63.5 Å². The molecule has 0 bridgehead atoms. The molecule has 1 heterocycles. The Balaban J connectivity index is 1.98. The molecule has 0 fully saturated rings. The fourth-order valence-electron chi connectivity index (χ4n) is 2.83. The minimum absolute atomic E-state index is 0.000199. The van der Waals surface area contributed by atoms with Gasteiger partial charge in [0.25, 0.3) is 5.69 Å². The van der Waals surface area contributed by atoms with Crippen molar-refractivity contribution in [3.63, 3.8) is 0 Å². The van der Waals surface area contributed by atoms with Crippen LogP contribution in [0.2, 0.25) is 0 Å². The second-order valence-corrected chi connectivity index (χ2v) is 5.64. The standard InChI is InChI=1S/C17H15FN2O3/c1-11-2-5-15(18)13(8-11)10-19-16-6-4-14(20(22)23)9-12(16)3-7-17(19)21/h2,4-6,8-9H,3,7,10H2,1H3. The Morgan fingerprint density at radius 1 is 1.22 bits per heavy atom. The molecular weight excluding hydrogens is 299 g/mol. The molecule has 0 saturated carbocycles. The number of nitro benzene ring substituents is 1. The molecule has 0 unspecified atom stereocenters. The highest BCUT2D eigenvalue weighted by Gasteiger charge is 2.26. The van der Waals surface area contributed by atoms with Gasteiger partial charge >= 0.3 is 0 Å². The second kappa shape index (κ2) is 5.79. The van der Waals surface area contributed by atoms with Crippen molar-refractivity contribution < 1.29 is 14.1 Å². The first kappa shape index (κ1) is 15.1. The zero-order chi connectivity index (χ0) is 16.6. The summed E-state index contributed by atoms with van der Waals surface area (Å²) in [5.74, 6) is -0.468. The first-order chi connectivity index (χ1) is 11.0. The largest absolute Gasteiger partial charge is 0.308 e. The van der Waals surface area contributed by atoms with E-state index in [0.717, 1.165) is 11.1 Å². The number of amides is 1. The van der Waals surface area contributed by atoms with E-state index < -0.39 is 4.92 Å². The van der Waals surface area contributed by atoms with Crippen LogP contribution < -0.4 is 4.90 Å². The molecule has 0 spiro atoms. The monoisotopic (exact) mass is 314 g/mol. The van der Waals surface area contributed by atoms with E-state index in [9.17, 15) is 19.3 Å². The molecule has 3 rings (SSSR count). The number of non-ortho nitro benzene ring substituents is 1. The third kappa shape index (κ3) is 2.92. The van der Waals surface area contributed by atoms with Crippen LogP contribution >= 0.6 is 0 Å². The lowest BCUT2D eigenvalue weighted by Gasteiger charge is -2.29. The number of aryl methyl sites for hydroxylation is 2. The van der Waals surface area contributed by atoms with E-state index in [4.69, 9.17) is 0 Å². The van der Waals surface area contributed by atoms with Crippen molar-refractivity contribution in [2.24, 2.45) is 0 Å². The lowest BCUT2D eigenvalue weighted by molar-refractivity contribution is -0.384. The molecule has 1 aliphatic rings. The van der Waals surface area contributed by atoms with Gasteiger partial charge in [-0.2, -0.15) is 0 Å². The summed E-state index contributed by atoms with van der Waals surface area (Å²) in [4.78, 5) is 24.2. The maximum Gasteiger partial charge on any atom is 0.269 e. The first-order valence-electron chi connectivity index (χ1n) is 7.28. The summed E-state index contributed by atoms with van der Waals surface area (Å²) in [6.45, 7) is 1.98. The molecule has 118 valence electrons. The van der Waals surface area contributed by atoms with Crippen molar-refractivity contribution in [3.8, 4) is 0 Å². The van der Waals surface area contributed by atoms with Gasteiger partial charge in [0.2, 0.25) is 5.91 Å². The lowest BCUT2D eigenvalue weighted by atomic mass is 9.99. The van der Waals surface area contributed by atoms with Crippen LogP contribution in [-0.2, 0) is 17.8 Å². The van der Waals surface area contributed by atoms with E-state index in [-0.39, 0.29) is 30.4 Å². The summed E-state index contributed by atoms with van der Waals surface area (Å²) in [6, 6.07) is 9.20. The first-order valence-corrected chi connectivity index (χ1v) is 7.28. The Hall–Kier alpha value is -2.76. The van der Waals surface area contributed by atoms with Gasteiger partial charge in [0.15, 0.2) is 0 Å². The molecule has 0 N–H and O–H groups in total. The third-order valence-corrected chi connectivity index (χ3v) is 4.00. The Bertz CT molecular complexity index is 804. The van der Waals surface area contributed by atoms with E-state index in [2.05, 4.69) is 0 Å². The van der Waals surface area contributed by atoms with Gasteiger partial charge in [0.1, 0.15) is 5.82 Å². The van der Waals surface area contributed by atoms with Crippen molar-refractivity contribution >= 4 is 17.3 Å². The average molecular weight is 314 g/mol. The molecule has 1 aliphatic heterocycles. The summed E-state index contributed by atoms with van der Waals surface area (Å²) >= 11 is 0. The summed E-state index contributed by atoms with van der Waals surface area (Å²) < 4.78 is 14.0. The fourth-order valence-corrected chi connectivity index (χ4v) is 2.83. The molecule has 2 aromatic rings. The number of hydrogen-bond acceptors (Lipinski definition) is 3. The third-order valence-electron chi connectivity index (χ3n) is 4.00. The predicted octanol–water partition coefficient (Wildman–Crippen LogP) is 3.52. The second-order valence-electron chi connectivity index (χ2n) is 5.64. The van der Waals surface area contributed by atoms with Gasteiger partial charge in [-0.3, -0.25) is 14.9 Å². The quantitative estimate of drug-likeness (QED) is 0.643. The molecule has 5 nitrogen and oxygen atoms in total. The van der Waals surface area contributed by atoms with Gasteiger partial charge in [0, 0.05) is 29.8 Å². The van der Waals surface area contributed by atoms with Crippen molar-refractivity contribution in [2.45, 2.75) is 26.3 Å². The Morgan fingerprint density at radius 2 is 2.00 bits per heavy atom. The number of hydrogen-bond donors (Lipinski definition) is 0. The van der Waals surface area contributed by atoms with E-state index in [0.29, 0.717) is 17.7 Å². The highest BCUT2D eigenvalue weighted by atomic mass is 19.1. The van der Waals surface area contributed by atoms with Gasteiger partial charge in [-0.15, -0.1) is 0 Å². The molecular formula is C17H15FN2O3. The molecule has 2 aromatic carbocycles. The minimum Gasteiger partial charge on any atom is -0.308 e. The maximum absolute atomic E-state index is 14.0. The zero-order valence-corrected chi connectivity index (χ0v) is 12.6. The SMILES string of the molecule is Cc1ccc(F)c(CN2C(=O)CCc3cc([N+](=O)[O-])ccc32)c1. The number of rotatable bonds is 3. The van der Waals surface area contributed by atoms with E-state index in [1.54, 1.807) is 18.2 Å². The number of anilines is 1. The van der Waals surface area contributed by atoms with E-state index >= 15 is 0 Å². The average Bonchev–Trinajstić information content (AvgIpc) is 2.53. The molecule has 6 heteroatoms. The highest BCUT2D eigenvalue weighted by molar-refractivity contribution is 5.96. The molecule has 0 atom stereocenters. The smallest absolute Gasteiger partial charge is 0.269 e. The lowest BCUT2D eigenvalue weighted by Crippen LogP contribution is -2.34. The highest BCUT2D eigenvalue weighted by Crippen LogP contribution is 2.32. The summed E-state index contributed by atoms with van der Waals surface area (Å²) in [5.41, 5.74) is 2.71. The number of nitrogens with zero attached hydrogens (tertiary/aromatic N) is 2. The molecule has 23 heavy (non-hydrogen) atoms. The van der Waals surface area contributed by atoms with Crippen molar-refractivity contribution in [1.82, 2.24) is 0 Å². The van der Waals surface area contributed by atoms with Crippen LogP contribution in [0.3, 0.4) is 0 Å². The number of carbonyl (C=O) groups is 1. The molecule has 1 amide bonds. The summed E-state index contributed by atoms with van der Waals surface area (Å²) in [5, 5.41) is 10.9. The fraction of sp³-hybridized carbons (Fsp3) is 0.235. The summed E-state index contributed by atoms with van der Waals surface area (Å²) in [6.07, 6.45) is 0.726. The van der Waals surface area contributed by atoms with Crippen molar-refractivity contribution in [3.05, 3.63) is 69.0 Å². The van der Waals surface area contributed by atoms with E-state index in [1.807, 2.05) is 6.92 Å². The molecule has 0 saturated heterocycles. The van der Waals surface area contributed by atoms with Gasteiger partial charge in [-0.05, 0) is 31.0 Å². The van der Waals surface area contributed by atoms with Gasteiger partial charge in [-0.25, -0.2) is 4.39 Å². The molecule has 0 aromatic heterocycles. The van der Waals surface area contributed by atoms with Crippen LogP contribution in [0.15, 0.2) is 36.4 Å². The summed E-state index contributed by atoms with van der Waals surface area (Å²) in [7, 11) is 0. The van der Waals surface area contributed by atoms with Crippen LogP contribution in [-0.4, -0.2) is 10.8 Å². The Morgan fingerprint density at radius 3 is 2.74 bits per heavy atom. The Labute approximate surface area is 132 Å². The number of nitro groups is 1. The number of benzene rings is 2. The van der Waals surface area contributed by atoms with Gasteiger partial charge in [-0.1, -0.05) is 17.7 Å². The molecule has 0 aliphatic carbocycles. The van der Waals surface area contributed by atoms with Crippen molar-refractivity contribution in [2.75, 3.05) is 4.90 Å². The molecule has 0 radical (unpaired) electrons. The van der Waals surface area contributed by atoms with Crippen LogP contribution in [0.25, 0.3) is 0 Å².